The van der Waals surface area contributed by atoms with Gasteiger partial charge in [0.2, 0.25) is 11.6 Å². The number of nitrogens with zero attached hydrogens (tertiary/aromatic N) is 1. The minimum Gasteiger partial charge on any atom is -0.459 e. The highest BCUT2D eigenvalue weighted by atomic mass is 16.6. The summed E-state index contributed by atoms with van der Waals surface area (Å²) in [6, 6.07) is 0. The van der Waals surface area contributed by atoms with Crippen molar-refractivity contribution in [3.8, 4) is 0 Å². The first kappa shape index (κ1) is 35.4. The van der Waals surface area contributed by atoms with Crippen LogP contribution in [0.25, 0.3) is 0 Å². The lowest BCUT2D eigenvalue weighted by molar-refractivity contribution is -0.157. The van der Waals surface area contributed by atoms with Crippen LogP contribution in [0.4, 0.5) is 4.79 Å². The van der Waals surface area contributed by atoms with Gasteiger partial charge in [-0.05, 0) is 44.6 Å². The van der Waals surface area contributed by atoms with E-state index < -0.39 is 54.1 Å². The molecule has 0 aromatic carbocycles. The summed E-state index contributed by atoms with van der Waals surface area (Å²) in [7, 11) is 2.95. The number of nitrogens with one attached hydrogen (secondary N) is 1. The molecular weight excluding hydrogens is 582 g/mol. The first-order valence-electron chi connectivity index (χ1n) is 15.1. The van der Waals surface area contributed by atoms with Crippen LogP contribution in [0.2, 0.25) is 0 Å². The number of hydrogen-bond donors (Lipinski definition) is 2. The first-order chi connectivity index (χ1) is 21.3. The van der Waals surface area contributed by atoms with Gasteiger partial charge in [0, 0.05) is 57.4 Å². The molecule has 1 fully saturated rings. The van der Waals surface area contributed by atoms with Gasteiger partial charge in [0.05, 0.1) is 17.5 Å². The Morgan fingerprint density at radius 3 is 2.29 bits per heavy atom. The molecule has 45 heavy (non-hydrogen) atoms. The van der Waals surface area contributed by atoms with Crippen LogP contribution in [-0.4, -0.2) is 86.2 Å². The molecule has 0 unspecified atom stereocenters. The normalized spacial score (nSPS) is 31.8. The van der Waals surface area contributed by atoms with Crippen LogP contribution >= 0.6 is 0 Å². The van der Waals surface area contributed by atoms with Gasteiger partial charge in [-0.3, -0.25) is 19.2 Å². The molecule has 12 heteroatoms. The Morgan fingerprint density at radius 1 is 1.04 bits per heavy atom. The zero-order valence-corrected chi connectivity index (χ0v) is 27.1. The number of likely N-dealkylation sites (tertiary alicyclic amines) is 1. The zero-order valence-electron chi connectivity index (χ0n) is 27.1. The van der Waals surface area contributed by atoms with Gasteiger partial charge in [-0.15, -0.1) is 0 Å². The van der Waals surface area contributed by atoms with Gasteiger partial charge in [-0.1, -0.05) is 38.2 Å². The van der Waals surface area contributed by atoms with Gasteiger partial charge in [0.1, 0.15) is 12.2 Å². The third-order valence-electron chi connectivity index (χ3n) is 8.20. The van der Waals surface area contributed by atoms with Crippen molar-refractivity contribution in [3.63, 3.8) is 0 Å². The van der Waals surface area contributed by atoms with Gasteiger partial charge in [-0.2, -0.15) is 0 Å². The predicted octanol–water partition coefficient (Wildman–Crippen LogP) is 3.04. The summed E-state index contributed by atoms with van der Waals surface area (Å²) in [5.41, 5.74) is 6.84. The van der Waals surface area contributed by atoms with Crippen LogP contribution in [0, 0.1) is 11.8 Å². The van der Waals surface area contributed by atoms with E-state index in [1.807, 2.05) is 24.8 Å². The minimum atomic E-state index is -1.01. The molecule has 3 aliphatic rings. The predicted molar refractivity (Wildman–Crippen MR) is 165 cm³/mol. The van der Waals surface area contributed by atoms with E-state index >= 15 is 0 Å². The number of carbonyl (C=O) groups is 5. The molecule has 2 aliphatic heterocycles. The summed E-state index contributed by atoms with van der Waals surface area (Å²) in [6.45, 7) is 9.73. The number of fused-ring (bicyclic) bond motifs is 2. The molecule has 0 aromatic rings. The van der Waals surface area contributed by atoms with Gasteiger partial charge < -0.3 is 34.9 Å². The molecule has 3 N–H and O–H groups in total. The molecule has 2 bridgehead atoms. The summed E-state index contributed by atoms with van der Waals surface area (Å²) in [4.78, 5) is 66.2. The number of hydrogen-bond acceptors (Lipinski definition) is 10. The maximum atomic E-state index is 13.8. The molecule has 1 saturated heterocycles. The third-order valence-corrected chi connectivity index (χ3v) is 8.20. The lowest BCUT2D eigenvalue weighted by atomic mass is 9.84. The summed E-state index contributed by atoms with van der Waals surface area (Å²) < 4.78 is 22.7. The fourth-order valence-electron chi connectivity index (χ4n) is 5.82. The largest absolute Gasteiger partial charge is 0.459 e. The Morgan fingerprint density at radius 2 is 1.73 bits per heavy atom. The Hall–Kier alpha value is -4.03. The Balaban J connectivity index is 2.13. The maximum Gasteiger partial charge on any atom is 0.405 e. The van der Waals surface area contributed by atoms with Crippen LogP contribution in [0.5, 0.6) is 0 Å². The number of Topliss-reactive ketones (excluding diaryl/α,β-unsaturated/α-hetero) is 1. The second-order valence-corrected chi connectivity index (χ2v) is 11.8. The SMILES string of the molecule is CO[C@H]1/C=C\C=C(/C)C(=O)NC2=CC(=O)C(N3CCC3)=C(C[C@@H](C)C[C@H](OC)[C@H](OC(C)=O)[C@@H](C)/C=C(\C)[C@@H]1OC(N)=O)C2=O. The highest BCUT2D eigenvalue weighted by Gasteiger charge is 2.37. The van der Waals surface area contributed by atoms with Crippen molar-refractivity contribution < 1.29 is 42.9 Å². The molecule has 3 rings (SSSR count). The van der Waals surface area contributed by atoms with Gasteiger partial charge in [0.15, 0.2) is 6.10 Å². The number of amides is 2. The van der Waals surface area contributed by atoms with Crippen LogP contribution in [0.3, 0.4) is 0 Å². The van der Waals surface area contributed by atoms with Crippen LogP contribution in [0.15, 0.2) is 58.5 Å². The number of esters is 1. The topological polar surface area (TPSA) is 164 Å². The van der Waals surface area contributed by atoms with Crippen molar-refractivity contribution in [2.24, 2.45) is 17.6 Å². The molecule has 12 nitrogen and oxygen atoms in total. The molecule has 0 spiro atoms. The van der Waals surface area contributed by atoms with E-state index in [0.717, 1.165) is 6.42 Å². The van der Waals surface area contributed by atoms with E-state index in [1.54, 1.807) is 26.0 Å². The molecule has 2 amide bonds. The molecular formula is C33H45N3O9. The van der Waals surface area contributed by atoms with Crippen molar-refractivity contribution in [3.05, 3.63) is 58.5 Å². The van der Waals surface area contributed by atoms with E-state index in [9.17, 15) is 24.0 Å². The Kier molecular flexibility index (Phi) is 12.5. The smallest absolute Gasteiger partial charge is 0.405 e. The number of primary amides is 1. The monoisotopic (exact) mass is 627 g/mol. The van der Waals surface area contributed by atoms with Crippen LogP contribution < -0.4 is 11.1 Å². The summed E-state index contributed by atoms with van der Waals surface area (Å²) >= 11 is 0. The first-order valence-corrected chi connectivity index (χ1v) is 15.1. The quantitative estimate of drug-likeness (QED) is 0.263. The number of carbonyl (C=O) groups excluding carboxylic acids is 5. The van der Waals surface area contributed by atoms with E-state index in [0.29, 0.717) is 36.4 Å². The third kappa shape index (κ3) is 9.01. The number of allylic oxidation sites excluding steroid dienone is 4. The van der Waals surface area contributed by atoms with Crippen LogP contribution in [0.1, 0.15) is 53.9 Å². The standard InChI is InChI=1S/C33H45N3O9/c1-18-14-23-28(36-12-9-13-36)25(38)17-24(29(23)39)35-32(40)19(2)10-8-11-26(42-6)30(45-33(34)41)20(3)16-21(4)31(44-22(5)37)27(15-18)43-7/h8,10-11,16-18,21,26-27,30-31H,9,12-15H2,1-7H3,(H2,34,41)(H,35,40)/b11-8-,19-10+,20-16+/t18-,21+,26+,27+,30+,31-/m1/s1. The average Bonchev–Trinajstić information content (AvgIpc) is 2.94. The van der Waals surface area contributed by atoms with E-state index in [1.165, 1.54) is 33.3 Å². The second-order valence-electron chi connectivity index (χ2n) is 11.8. The van der Waals surface area contributed by atoms with Gasteiger partial charge >= 0.3 is 12.1 Å². The molecule has 6 atom stereocenters. The minimum absolute atomic E-state index is 0.0923. The lowest BCUT2D eigenvalue weighted by Crippen LogP contribution is -2.43. The van der Waals surface area contributed by atoms with E-state index in [2.05, 4.69) is 5.32 Å². The van der Waals surface area contributed by atoms with Gasteiger partial charge in [0.25, 0.3) is 5.91 Å². The van der Waals surface area contributed by atoms with Crippen LogP contribution in [-0.2, 0) is 38.1 Å². The van der Waals surface area contributed by atoms with Crippen molar-refractivity contribution >= 4 is 29.5 Å². The van der Waals surface area contributed by atoms with E-state index in [4.69, 9.17) is 24.7 Å². The van der Waals surface area contributed by atoms with Crippen molar-refractivity contribution in [1.29, 1.82) is 0 Å². The molecule has 246 valence electrons. The highest BCUT2D eigenvalue weighted by molar-refractivity contribution is 6.23. The maximum absolute atomic E-state index is 13.8. The number of nitrogens with two attached hydrogens (primary N) is 1. The fraction of sp³-hybridized carbons (Fsp3) is 0.545. The molecule has 1 aliphatic carbocycles. The zero-order chi connectivity index (χ0) is 33.4. The lowest BCUT2D eigenvalue weighted by Gasteiger charge is -2.37. The van der Waals surface area contributed by atoms with E-state index in [-0.39, 0.29) is 29.4 Å². The summed E-state index contributed by atoms with van der Waals surface area (Å²) in [5, 5.41) is 2.61. The second kappa shape index (κ2) is 15.8. The molecule has 0 saturated carbocycles. The van der Waals surface area contributed by atoms with Crippen molar-refractivity contribution in [2.45, 2.75) is 78.3 Å². The average molecular weight is 628 g/mol. The Bertz CT molecular complexity index is 1340. The summed E-state index contributed by atoms with van der Waals surface area (Å²) in [6.07, 6.45) is 5.11. The molecule has 0 radical (unpaired) electrons. The van der Waals surface area contributed by atoms with Gasteiger partial charge in [-0.25, -0.2) is 4.79 Å². The number of rotatable bonds is 5. The Labute approximate surface area is 264 Å². The summed E-state index contributed by atoms with van der Waals surface area (Å²) in [5.74, 6) is -2.42. The number of ether oxygens (including phenoxy) is 4. The number of ketones is 2. The van der Waals surface area contributed by atoms with Crippen molar-refractivity contribution in [2.75, 3.05) is 27.3 Å². The fourth-order valence-corrected chi connectivity index (χ4v) is 5.82. The highest BCUT2D eigenvalue weighted by Crippen LogP contribution is 2.32. The number of methoxy groups -OCH3 is 2. The van der Waals surface area contributed by atoms with Crippen molar-refractivity contribution in [1.82, 2.24) is 10.2 Å². The molecule has 0 aromatic heterocycles. The molecule has 2 heterocycles.